The third-order valence-electron chi connectivity index (χ3n) is 3.55. The summed E-state index contributed by atoms with van der Waals surface area (Å²) in [5.41, 5.74) is 1.84. The van der Waals surface area contributed by atoms with E-state index in [1.54, 1.807) is 12.1 Å². The van der Waals surface area contributed by atoms with Gasteiger partial charge in [-0.25, -0.2) is 0 Å². The van der Waals surface area contributed by atoms with Crippen LogP contribution in [0.2, 0.25) is 0 Å². The molecular formula is C17H11BrF3N3O2. The smallest absolute Gasteiger partial charge is 0.329 e. The van der Waals surface area contributed by atoms with Crippen molar-refractivity contribution in [3.8, 4) is 11.4 Å². The first-order valence-corrected chi connectivity index (χ1v) is 8.14. The fourth-order valence-corrected chi connectivity index (χ4v) is 2.67. The second kappa shape index (κ2) is 7.28. The predicted molar refractivity (Wildman–Crippen MR) is 91.1 cm³/mol. The zero-order chi connectivity index (χ0) is 18.7. The minimum atomic E-state index is -4.69. The first kappa shape index (κ1) is 18.1. The highest BCUT2D eigenvalue weighted by Crippen LogP contribution is 2.30. The summed E-state index contributed by atoms with van der Waals surface area (Å²) in [7, 11) is 0. The number of benzene rings is 2. The molecule has 5 nitrogen and oxygen atoms in total. The summed E-state index contributed by atoms with van der Waals surface area (Å²) in [4.78, 5) is 16.2. The molecule has 0 N–H and O–H groups in total. The topological polar surface area (TPSA) is 59.2 Å². The SMILES string of the molecule is O=CN(Cc1ccccc1Br)c1ccc(-c2noc(C(F)(F)F)n2)cc1. The Balaban J connectivity index is 1.81. The van der Waals surface area contributed by atoms with Crippen molar-refractivity contribution in [1.82, 2.24) is 10.1 Å². The van der Waals surface area contributed by atoms with Gasteiger partial charge in [0.1, 0.15) is 0 Å². The fourth-order valence-electron chi connectivity index (χ4n) is 2.26. The van der Waals surface area contributed by atoms with Gasteiger partial charge in [-0.05, 0) is 35.9 Å². The van der Waals surface area contributed by atoms with E-state index < -0.39 is 12.1 Å². The summed E-state index contributed by atoms with van der Waals surface area (Å²) >= 11 is 3.43. The number of nitrogens with zero attached hydrogens (tertiary/aromatic N) is 3. The van der Waals surface area contributed by atoms with E-state index in [2.05, 4.69) is 30.6 Å². The molecule has 1 heterocycles. The van der Waals surface area contributed by atoms with Gasteiger partial charge >= 0.3 is 12.1 Å². The normalized spacial score (nSPS) is 11.4. The Kier molecular flexibility index (Phi) is 5.08. The van der Waals surface area contributed by atoms with Crippen LogP contribution in [0.5, 0.6) is 0 Å². The van der Waals surface area contributed by atoms with Crippen molar-refractivity contribution in [2.75, 3.05) is 4.90 Å². The highest BCUT2D eigenvalue weighted by Gasteiger charge is 2.38. The fraction of sp³-hybridized carbons (Fsp3) is 0.118. The first-order valence-electron chi connectivity index (χ1n) is 7.35. The molecule has 9 heteroatoms. The van der Waals surface area contributed by atoms with Gasteiger partial charge in [-0.3, -0.25) is 4.79 Å². The average Bonchev–Trinajstić information content (AvgIpc) is 3.12. The number of hydrogen-bond acceptors (Lipinski definition) is 4. The van der Waals surface area contributed by atoms with Crippen LogP contribution in [0.1, 0.15) is 11.5 Å². The summed E-state index contributed by atoms with van der Waals surface area (Å²) in [6, 6.07) is 13.7. The molecule has 0 radical (unpaired) electrons. The second-order valence-corrected chi connectivity index (χ2v) is 6.15. The molecule has 1 amide bonds. The highest BCUT2D eigenvalue weighted by molar-refractivity contribution is 9.10. The summed E-state index contributed by atoms with van der Waals surface area (Å²) in [6.07, 6.45) is -4.01. The monoisotopic (exact) mass is 425 g/mol. The maximum absolute atomic E-state index is 12.5. The molecule has 0 aliphatic rings. The van der Waals surface area contributed by atoms with Crippen LogP contribution in [0, 0.1) is 0 Å². The number of rotatable bonds is 5. The van der Waals surface area contributed by atoms with E-state index in [9.17, 15) is 18.0 Å². The van der Waals surface area contributed by atoms with Crippen LogP contribution in [0.15, 0.2) is 57.5 Å². The van der Waals surface area contributed by atoms with Crippen molar-refractivity contribution in [3.63, 3.8) is 0 Å². The van der Waals surface area contributed by atoms with Gasteiger partial charge in [-0.2, -0.15) is 18.2 Å². The van der Waals surface area contributed by atoms with E-state index >= 15 is 0 Å². The Labute approximate surface area is 154 Å². The largest absolute Gasteiger partial charge is 0.471 e. The lowest BCUT2D eigenvalue weighted by Gasteiger charge is -2.18. The predicted octanol–water partition coefficient (Wildman–Crippen LogP) is 4.68. The van der Waals surface area contributed by atoms with Crippen LogP contribution < -0.4 is 4.90 Å². The number of anilines is 1. The zero-order valence-corrected chi connectivity index (χ0v) is 14.7. The Bertz CT molecular complexity index is 910. The number of aromatic nitrogens is 2. The molecule has 2 aromatic carbocycles. The molecule has 3 rings (SSSR count). The molecule has 0 aliphatic heterocycles. The van der Waals surface area contributed by atoms with Crippen LogP contribution in [0.3, 0.4) is 0 Å². The lowest BCUT2D eigenvalue weighted by molar-refractivity contribution is -0.159. The quantitative estimate of drug-likeness (QED) is 0.556. The molecule has 134 valence electrons. The van der Waals surface area contributed by atoms with E-state index in [1.807, 2.05) is 24.3 Å². The lowest BCUT2D eigenvalue weighted by atomic mass is 10.1. The highest BCUT2D eigenvalue weighted by atomic mass is 79.9. The van der Waals surface area contributed by atoms with E-state index in [0.29, 0.717) is 24.2 Å². The maximum Gasteiger partial charge on any atom is 0.471 e. The Morgan fingerprint density at radius 2 is 1.81 bits per heavy atom. The standard InChI is InChI=1S/C17H11BrF3N3O2/c18-14-4-2-1-3-12(14)9-24(10-25)13-7-5-11(6-8-13)15-22-16(26-23-15)17(19,20)21/h1-8,10H,9H2. The summed E-state index contributed by atoms with van der Waals surface area (Å²) in [5.74, 6) is -1.58. The van der Waals surface area contributed by atoms with Gasteiger partial charge in [0, 0.05) is 15.7 Å². The summed E-state index contributed by atoms with van der Waals surface area (Å²) in [6.45, 7) is 0.338. The minimum Gasteiger partial charge on any atom is -0.329 e. The van der Waals surface area contributed by atoms with E-state index in [-0.39, 0.29) is 5.82 Å². The number of halogens is 4. The average molecular weight is 426 g/mol. The van der Waals surface area contributed by atoms with Crippen LogP contribution in [0.25, 0.3) is 11.4 Å². The molecule has 0 aliphatic carbocycles. The molecule has 0 bridgehead atoms. The molecule has 0 spiro atoms. The van der Waals surface area contributed by atoms with E-state index in [1.165, 1.54) is 17.0 Å². The first-order chi connectivity index (χ1) is 12.4. The van der Waals surface area contributed by atoms with Gasteiger partial charge in [-0.15, -0.1) is 0 Å². The van der Waals surface area contributed by atoms with Gasteiger partial charge in [-0.1, -0.05) is 39.3 Å². The van der Waals surface area contributed by atoms with Crippen molar-refractivity contribution >= 4 is 28.0 Å². The van der Waals surface area contributed by atoms with Gasteiger partial charge in [0.15, 0.2) is 0 Å². The molecule has 1 aromatic heterocycles. The Hall–Kier alpha value is -2.68. The van der Waals surface area contributed by atoms with E-state index in [0.717, 1.165) is 10.0 Å². The van der Waals surface area contributed by atoms with Crippen molar-refractivity contribution in [3.05, 3.63) is 64.5 Å². The number of amides is 1. The van der Waals surface area contributed by atoms with Gasteiger partial charge in [0.05, 0.1) is 6.54 Å². The molecule has 0 saturated heterocycles. The molecule has 0 fully saturated rings. The van der Waals surface area contributed by atoms with E-state index in [4.69, 9.17) is 0 Å². The Morgan fingerprint density at radius 1 is 1.12 bits per heavy atom. The van der Waals surface area contributed by atoms with Crippen molar-refractivity contribution < 1.29 is 22.5 Å². The second-order valence-electron chi connectivity index (χ2n) is 5.29. The number of carbonyl (C=O) groups excluding carboxylic acids is 1. The number of carbonyl (C=O) groups is 1. The Morgan fingerprint density at radius 3 is 2.38 bits per heavy atom. The number of hydrogen-bond donors (Lipinski definition) is 0. The molecule has 0 atom stereocenters. The molecule has 3 aromatic rings. The van der Waals surface area contributed by atoms with Crippen LogP contribution >= 0.6 is 15.9 Å². The third kappa shape index (κ3) is 3.93. The lowest BCUT2D eigenvalue weighted by Crippen LogP contribution is -2.20. The van der Waals surface area contributed by atoms with Crippen molar-refractivity contribution in [1.29, 1.82) is 0 Å². The van der Waals surface area contributed by atoms with Gasteiger partial charge in [0.2, 0.25) is 12.2 Å². The van der Waals surface area contributed by atoms with Gasteiger partial charge in [0.25, 0.3) is 0 Å². The summed E-state index contributed by atoms with van der Waals surface area (Å²) in [5, 5.41) is 3.33. The molecule has 0 unspecified atom stereocenters. The minimum absolute atomic E-state index is 0.174. The molecule has 0 saturated carbocycles. The molecule has 26 heavy (non-hydrogen) atoms. The molecular weight excluding hydrogens is 415 g/mol. The zero-order valence-electron chi connectivity index (χ0n) is 13.1. The van der Waals surface area contributed by atoms with Crippen LogP contribution in [0.4, 0.5) is 18.9 Å². The van der Waals surface area contributed by atoms with Crippen molar-refractivity contribution in [2.24, 2.45) is 0 Å². The van der Waals surface area contributed by atoms with Gasteiger partial charge < -0.3 is 9.42 Å². The van der Waals surface area contributed by atoms with Crippen molar-refractivity contribution in [2.45, 2.75) is 12.7 Å². The maximum atomic E-state index is 12.5. The van der Waals surface area contributed by atoms with Crippen LogP contribution in [-0.2, 0) is 17.5 Å². The third-order valence-corrected chi connectivity index (χ3v) is 4.33. The number of alkyl halides is 3. The summed E-state index contributed by atoms with van der Waals surface area (Å²) < 4.78 is 42.7. The van der Waals surface area contributed by atoms with Crippen LogP contribution in [-0.4, -0.2) is 16.6 Å².